The van der Waals surface area contributed by atoms with E-state index in [2.05, 4.69) is 5.32 Å². The highest BCUT2D eigenvalue weighted by atomic mass is 19.1. The maximum Gasteiger partial charge on any atom is 0.336 e. The molecule has 0 spiro atoms. The van der Waals surface area contributed by atoms with Gasteiger partial charge in [0.25, 0.3) is 5.91 Å². The second kappa shape index (κ2) is 9.50. The number of nitrogens with one attached hydrogen (secondary N) is 1. The molecule has 0 aliphatic carbocycles. The molecule has 0 atom stereocenters. The first-order valence-corrected chi connectivity index (χ1v) is 9.10. The second-order valence-electron chi connectivity index (χ2n) is 6.37. The van der Waals surface area contributed by atoms with Crippen molar-refractivity contribution in [3.63, 3.8) is 0 Å². The van der Waals surface area contributed by atoms with Gasteiger partial charge in [0, 0.05) is 13.0 Å². The summed E-state index contributed by atoms with van der Waals surface area (Å²) >= 11 is 0. The van der Waals surface area contributed by atoms with Gasteiger partial charge in [-0.15, -0.1) is 0 Å². The molecule has 3 aromatic carbocycles. The Morgan fingerprint density at radius 3 is 2.41 bits per heavy atom. The van der Waals surface area contributed by atoms with Crippen LogP contribution < -0.4 is 10.1 Å². The number of carboxylic acid groups (broad SMARTS) is 1. The lowest BCUT2D eigenvalue weighted by Gasteiger charge is -2.13. The van der Waals surface area contributed by atoms with Crippen molar-refractivity contribution in [2.75, 3.05) is 6.61 Å². The fraction of sp³-hybridized carbons (Fsp3) is 0.130. The van der Waals surface area contributed by atoms with Gasteiger partial charge in [-0.05, 0) is 35.4 Å². The van der Waals surface area contributed by atoms with E-state index in [0.29, 0.717) is 18.6 Å². The van der Waals surface area contributed by atoms with Gasteiger partial charge in [0.1, 0.15) is 11.6 Å². The summed E-state index contributed by atoms with van der Waals surface area (Å²) in [6.07, 6.45) is 0.644. The number of amides is 1. The molecule has 3 aromatic rings. The number of carbonyl (C=O) groups excluding carboxylic acids is 1. The zero-order valence-corrected chi connectivity index (χ0v) is 15.6. The molecule has 1 amide bonds. The summed E-state index contributed by atoms with van der Waals surface area (Å²) in [5, 5.41) is 11.9. The van der Waals surface area contributed by atoms with E-state index in [-0.39, 0.29) is 23.4 Å². The Kier molecular flexibility index (Phi) is 6.58. The van der Waals surface area contributed by atoms with E-state index in [1.165, 1.54) is 18.2 Å². The molecule has 0 unspecified atom stereocenters. The minimum Gasteiger partial charge on any atom is -0.492 e. The Morgan fingerprint density at radius 1 is 0.931 bits per heavy atom. The molecule has 6 heteroatoms. The van der Waals surface area contributed by atoms with Crippen molar-refractivity contribution in [1.29, 1.82) is 0 Å². The van der Waals surface area contributed by atoms with E-state index in [1.807, 2.05) is 30.3 Å². The summed E-state index contributed by atoms with van der Waals surface area (Å²) in [6, 6.07) is 19.9. The van der Waals surface area contributed by atoms with Crippen molar-refractivity contribution >= 4 is 11.9 Å². The monoisotopic (exact) mass is 393 g/mol. The minimum absolute atomic E-state index is 0.00127. The molecule has 0 fully saturated rings. The number of benzene rings is 3. The molecule has 29 heavy (non-hydrogen) atoms. The van der Waals surface area contributed by atoms with Crippen molar-refractivity contribution in [3.8, 4) is 5.75 Å². The number of aromatic carboxylic acids is 1. The van der Waals surface area contributed by atoms with Gasteiger partial charge in [-0.1, -0.05) is 48.5 Å². The lowest BCUT2D eigenvalue weighted by atomic mass is 10.1. The SMILES string of the molecule is O=C(O)c1ccccc1CNC(=O)c1cc(F)ccc1OCCc1ccccc1. The zero-order chi connectivity index (χ0) is 20.6. The van der Waals surface area contributed by atoms with Crippen LogP contribution in [-0.4, -0.2) is 23.6 Å². The van der Waals surface area contributed by atoms with Gasteiger partial charge < -0.3 is 15.2 Å². The quantitative estimate of drug-likeness (QED) is 0.605. The van der Waals surface area contributed by atoms with Crippen LogP contribution in [0.1, 0.15) is 31.8 Å². The van der Waals surface area contributed by atoms with Crippen molar-refractivity contribution in [1.82, 2.24) is 5.32 Å². The Morgan fingerprint density at radius 2 is 1.66 bits per heavy atom. The maximum atomic E-state index is 13.7. The molecule has 0 bridgehead atoms. The maximum absolute atomic E-state index is 13.7. The largest absolute Gasteiger partial charge is 0.492 e. The molecule has 0 heterocycles. The molecule has 3 rings (SSSR count). The summed E-state index contributed by atoms with van der Waals surface area (Å²) in [5.41, 5.74) is 1.71. The molecule has 2 N–H and O–H groups in total. The molecular weight excluding hydrogens is 373 g/mol. The first-order chi connectivity index (χ1) is 14.0. The van der Waals surface area contributed by atoms with Crippen molar-refractivity contribution in [2.24, 2.45) is 0 Å². The zero-order valence-electron chi connectivity index (χ0n) is 15.6. The predicted molar refractivity (Wildman–Crippen MR) is 107 cm³/mol. The molecule has 0 radical (unpaired) electrons. The topological polar surface area (TPSA) is 75.6 Å². The van der Waals surface area contributed by atoms with Gasteiger partial charge >= 0.3 is 5.97 Å². The highest BCUT2D eigenvalue weighted by Crippen LogP contribution is 2.20. The lowest BCUT2D eigenvalue weighted by Crippen LogP contribution is -2.25. The number of ether oxygens (including phenoxy) is 1. The first-order valence-electron chi connectivity index (χ1n) is 9.10. The average Bonchev–Trinajstić information content (AvgIpc) is 2.74. The molecular formula is C23H20FNO4. The normalized spacial score (nSPS) is 10.4. The van der Waals surface area contributed by atoms with Gasteiger partial charge in [0.05, 0.1) is 17.7 Å². The fourth-order valence-electron chi connectivity index (χ4n) is 2.88. The van der Waals surface area contributed by atoms with Crippen LogP contribution in [0.4, 0.5) is 4.39 Å². The predicted octanol–water partition coefficient (Wildman–Crippen LogP) is 4.08. The standard InChI is InChI=1S/C23H20FNO4/c24-18-10-11-21(29-13-12-16-6-2-1-3-7-16)20(14-18)22(26)25-15-17-8-4-5-9-19(17)23(27)28/h1-11,14H,12-13,15H2,(H,25,26)(H,27,28). The number of carbonyl (C=O) groups is 2. The Hall–Kier alpha value is -3.67. The molecule has 0 aliphatic heterocycles. The molecule has 0 aliphatic rings. The van der Waals surface area contributed by atoms with Crippen molar-refractivity contribution < 1.29 is 23.8 Å². The van der Waals surface area contributed by atoms with Gasteiger partial charge in [-0.3, -0.25) is 4.79 Å². The number of carboxylic acids is 1. The molecule has 5 nitrogen and oxygen atoms in total. The number of rotatable bonds is 8. The van der Waals surface area contributed by atoms with E-state index in [4.69, 9.17) is 4.74 Å². The van der Waals surface area contributed by atoms with E-state index >= 15 is 0 Å². The molecule has 0 saturated carbocycles. The number of hydrogen-bond donors (Lipinski definition) is 2. The molecule has 0 saturated heterocycles. The minimum atomic E-state index is -1.08. The van der Waals surface area contributed by atoms with Crippen LogP contribution in [0.25, 0.3) is 0 Å². The molecule has 0 aromatic heterocycles. The van der Waals surface area contributed by atoms with Gasteiger partial charge in [-0.25, -0.2) is 9.18 Å². The third-order valence-electron chi connectivity index (χ3n) is 4.36. The Bertz CT molecular complexity index is 1000. The van der Waals surface area contributed by atoms with E-state index in [1.54, 1.807) is 18.2 Å². The van der Waals surface area contributed by atoms with Crippen LogP contribution in [0.5, 0.6) is 5.75 Å². The Labute approximate surface area is 167 Å². The van der Waals surface area contributed by atoms with Crippen molar-refractivity contribution in [3.05, 3.63) is 101 Å². The van der Waals surface area contributed by atoms with Crippen LogP contribution in [-0.2, 0) is 13.0 Å². The highest BCUT2D eigenvalue weighted by molar-refractivity contribution is 5.97. The smallest absolute Gasteiger partial charge is 0.336 e. The summed E-state index contributed by atoms with van der Waals surface area (Å²) in [4.78, 5) is 23.9. The van der Waals surface area contributed by atoms with Crippen LogP contribution in [0.3, 0.4) is 0 Å². The van der Waals surface area contributed by atoms with E-state index < -0.39 is 17.7 Å². The fourth-order valence-corrected chi connectivity index (χ4v) is 2.88. The summed E-state index contributed by atoms with van der Waals surface area (Å²) < 4.78 is 19.4. The Balaban J connectivity index is 1.68. The van der Waals surface area contributed by atoms with Crippen LogP contribution in [0, 0.1) is 5.82 Å². The van der Waals surface area contributed by atoms with Crippen LogP contribution in [0.15, 0.2) is 72.8 Å². The highest BCUT2D eigenvalue weighted by Gasteiger charge is 2.16. The van der Waals surface area contributed by atoms with Gasteiger partial charge in [-0.2, -0.15) is 0 Å². The summed E-state index contributed by atoms with van der Waals surface area (Å²) in [6.45, 7) is 0.332. The molecule has 148 valence electrons. The van der Waals surface area contributed by atoms with E-state index in [0.717, 1.165) is 11.6 Å². The van der Waals surface area contributed by atoms with Crippen molar-refractivity contribution in [2.45, 2.75) is 13.0 Å². The summed E-state index contributed by atoms with van der Waals surface area (Å²) in [7, 11) is 0. The number of hydrogen-bond acceptors (Lipinski definition) is 3. The first kappa shape index (κ1) is 20.1. The van der Waals surface area contributed by atoms with Crippen LogP contribution in [0.2, 0.25) is 0 Å². The number of halogens is 1. The third-order valence-corrected chi connectivity index (χ3v) is 4.36. The van der Waals surface area contributed by atoms with Gasteiger partial charge in [0.15, 0.2) is 0 Å². The van der Waals surface area contributed by atoms with Crippen LogP contribution >= 0.6 is 0 Å². The van der Waals surface area contributed by atoms with Gasteiger partial charge in [0.2, 0.25) is 0 Å². The second-order valence-corrected chi connectivity index (χ2v) is 6.37. The van der Waals surface area contributed by atoms with E-state index in [9.17, 15) is 19.1 Å². The lowest BCUT2D eigenvalue weighted by molar-refractivity contribution is 0.0694. The third kappa shape index (κ3) is 5.42. The average molecular weight is 393 g/mol. The summed E-state index contributed by atoms with van der Waals surface area (Å²) in [5.74, 6) is -1.91.